The average Bonchev–Trinajstić information content (AvgIpc) is 2.81. The normalized spacial score (nSPS) is 12.1. The Labute approximate surface area is 206 Å². The molecule has 0 aromatic heterocycles. The SMILES string of the molecule is CCc1cc(CCC(C)C)cc(C=NCCN=Cc2cc(CCC(C)C)cc(CC)c2O)c1O. The molecule has 0 aliphatic rings. The minimum absolute atomic E-state index is 0.332. The lowest BCUT2D eigenvalue weighted by molar-refractivity contribution is 0.467. The van der Waals surface area contributed by atoms with Crippen LogP contribution in [0.5, 0.6) is 11.5 Å². The molecular formula is C30H44N2O2. The van der Waals surface area contributed by atoms with Gasteiger partial charge in [-0.15, -0.1) is 0 Å². The number of aromatic hydroxyl groups is 2. The molecule has 0 radical (unpaired) electrons. The molecule has 0 unspecified atom stereocenters. The van der Waals surface area contributed by atoms with Crippen molar-refractivity contribution in [3.63, 3.8) is 0 Å². The molecule has 0 fully saturated rings. The Morgan fingerprint density at radius 1 is 0.676 bits per heavy atom. The van der Waals surface area contributed by atoms with Gasteiger partial charge in [-0.05, 0) is 84.7 Å². The lowest BCUT2D eigenvalue weighted by Gasteiger charge is -2.11. The molecule has 0 aliphatic carbocycles. The summed E-state index contributed by atoms with van der Waals surface area (Å²) < 4.78 is 0. The van der Waals surface area contributed by atoms with E-state index in [9.17, 15) is 10.2 Å². The van der Waals surface area contributed by atoms with Crippen LogP contribution >= 0.6 is 0 Å². The van der Waals surface area contributed by atoms with Gasteiger partial charge in [0, 0.05) is 23.6 Å². The van der Waals surface area contributed by atoms with E-state index >= 15 is 0 Å². The zero-order chi connectivity index (χ0) is 25.1. The topological polar surface area (TPSA) is 65.2 Å². The molecule has 0 aliphatic heterocycles. The minimum Gasteiger partial charge on any atom is -0.507 e. The van der Waals surface area contributed by atoms with Crippen molar-refractivity contribution in [2.75, 3.05) is 13.1 Å². The Balaban J connectivity index is 2.05. The van der Waals surface area contributed by atoms with E-state index in [-0.39, 0.29) is 0 Å². The van der Waals surface area contributed by atoms with Crippen LogP contribution in [0, 0.1) is 11.8 Å². The molecule has 2 rings (SSSR count). The number of benzene rings is 2. The van der Waals surface area contributed by atoms with E-state index in [0.717, 1.165) is 60.8 Å². The van der Waals surface area contributed by atoms with Gasteiger partial charge in [0.2, 0.25) is 0 Å². The van der Waals surface area contributed by atoms with Gasteiger partial charge in [-0.2, -0.15) is 0 Å². The predicted molar refractivity (Wildman–Crippen MR) is 146 cm³/mol. The predicted octanol–water partition coefficient (Wildman–Crippen LogP) is 6.94. The van der Waals surface area contributed by atoms with Crippen LogP contribution in [0.4, 0.5) is 0 Å². The maximum atomic E-state index is 10.6. The summed E-state index contributed by atoms with van der Waals surface area (Å²) in [5.41, 5.74) is 6.01. The first-order chi connectivity index (χ1) is 16.2. The highest BCUT2D eigenvalue weighted by atomic mass is 16.3. The van der Waals surface area contributed by atoms with E-state index in [4.69, 9.17) is 0 Å². The standard InChI is InChI=1S/C30H44N2O2/c1-7-25-15-23(11-9-21(3)4)17-27(29(25)33)19-31-13-14-32-20-28-18-24(12-10-22(5)6)16-26(8-2)30(28)34/h15-22,33-34H,7-14H2,1-6H3. The number of rotatable bonds is 13. The summed E-state index contributed by atoms with van der Waals surface area (Å²) in [5, 5.41) is 21.2. The Morgan fingerprint density at radius 2 is 1.06 bits per heavy atom. The molecule has 0 bridgehead atoms. The highest BCUT2D eigenvalue weighted by Gasteiger charge is 2.09. The lowest BCUT2D eigenvalue weighted by Crippen LogP contribution is -1.98. The summed E-state index contributed by atoms with van der Waals surface area (Å²) in [4.78, 5) is 9.01. The Morgan fingerprint density at radius 3 is 1.38 bits per heavy atom. The van der Waals surface area contributed by atoms with E-state index < -0.39 is 0 Å². The van der Waals surface area contributed by atoms with Crippen molar-refractivity contribution in [2.24, 2.45) is 21.8 Å². The first-order valence-corrected chi connectivity index (χ1v) is 12.9. The number of phenolic OH excluding ortho intramolecular Hbond substituents is 2. The largest absolute Gasteiger partial charge is 0.507 e. The molecule has 186 valence electrons. The van der Waals surface area contributed by atoms with Gasteiger partial charge in [-0.1, -0.05) is 53.7 Å². The smallest absolute Gasteiger partial charge is 0.127 e. The van der Waals surface area contributed by atoms with Crippen molar-refractivity contribution in [1.29, 1.82) is 0 Å². The van der Waals surface area contributed by atoms with Crippen molar-refractivity contribution in [3.05, 3.63) is 57.6 Å². The number of aryl methyl sites for hydroxylation is 4. The second-order valence-corrected chi connectivity index (χ2v) is 10.0. The van der Waals surface area contributed by atoms with Crippen molar-refractivity contribution in [3.8, 4) is 11.5 Å². The third-order valence-electron chi connectivity index (χ3n) is 6.16. The van der Waals surface area contributed by atoms with E-state index in [1.165, 1.54) is 11.1 Å². The van der Waals surface area contributed by atoms with Gasteiger partial charge in [0.05, 0.1) is 13.1 Å². The lowest BCUT2D eigenvalue weighted by atomic mass is 9.97. The van der Waals surface area contributed by atoms with Gasteiger partial charge in [-0.3, -0.25) is 9.98 Å². The zero-order valence-corrected chi connectivity index (χ0v) is 22.1. The fraction of sp³-hybridized carbons (Fsp3) is 0.533. The summed E-state index contributed by atoms with van der Waals surface area (Å²) in [7, 11) is 0. The van der Waals surface area contributed by atoms with E-state index in [1.54, 1.807) is 12.4 Å². The van der Waals surface area contributed by atoms with Crippen LogP contribution in [0.25, 0.3) is 0 Å². The maximum absolute atomic E-state index is 10.6. The van der Waals surface area contributed by atoms with Gasteiger partial charge in [-0.25, -0.2) is 0 Å². The van der Waals surface area contributed by atoms with Crippen LogP contribution in [-0.4, -0.2) is 35.7 Å². The first-order valence-electron chi connectivity index (χ1n) is 12.9. The van der Waals surface area contributed by atoms with E-state index in [0.29, 0.717) is 36.4 Å². The monoisotopic (exact) mass is 464 g/mol. The van der Waals surface area contributed by atoms with Crippen LogP contribution in [-0.2, 0) is 25.7 Å². The summed E-state index contributed by atoms with van der Waals surface area (Å²) in [6, 6.07) is 8.34. The molecule has 0 saturated carbocycles. The summed E-state index contributed by atoms with van der Waals surface area (Å²) in [5.74, 6) is 1.96. The number of hydrogen-bond acceptors (Lipinski definition) is 4. The van der Waals surface area contributed by atoms with Gasteiger partial charge >= 0.3 is 0 Å². The Bertz CT molecular complexity index is 895. The highest BCUT2D eigenvalue weighted by molar-refractivity contribution is 5.85. The third kappa shape index (κ3) is 8.62. The molecule has 4 heteroatoms. The van der Waals surface area contributed by atoms with Gasteiger partial charge in [0.15, 0.2) is 0 Å². The second kappa shape index (κ2) is 13.9. The minimum atomic E-state index is 0.332. The summed E-state index contributed by atoms with van der Waals surface area (Å²) >= 11 is 0. The van der Waals surface area contributed by atoms with E-state index in [1.807, 2.05) is 0 Å². The molecular weight excluding hydrogens is 420 g/mol. The van der Waals surface area contributed by atoms with Crippen molar-refractivity contribution < 1.29 is 10.2 Å². The molecule has 34 heavy (non-hydrogen) atoms. The fourth-order valence-electron chi connectivity index (χ4n) is 3.95. The molecule has 0 saturated heterocycles. The third-order valence-corrected chi connectivity index (χ3v) is 6.16. The van der Waals surface area contributed by atoms with Crippen LogP contribution in [0.15, 0.2) is 34.3 Å². The van der Waals surface area contributed by atoms with Gasteiger partial charge in [0.25, 0.3) is 0 Å². The molecule has 0 amide bonds. The molecule has 0 spiro atoms. The first kappa shape index (κ1) is 27.6. The van der Waals surface area contributed by atoms with Crippen LogP contribution < -0.4 is 0 Å². The molecule has 0 heterocycles. The van der Waals surface area contributed by atoms with Crippen LogP contribution in [0.2, 0.25) is 0 Å². The molecule has 2 aromatic rings. The van der Waals surface area contributed by atoms with Crippen LogP contribution in [0.1, 0.15) is 87.8 Å². The second-order valence-electron chi connectivity index (χ2n) is 10.0. The summed E-state index contributed by atoms with van der Waals surface area (Å²) in [6.45, 7) is 14.1. The molecule has 2 N–H and O–H groups in total. The van der Waals surface area contributed by atoms with Crippen molar-refractivity contribution in [2.45, 2.75) is 80.1 Å². The number of nitrogens with zero attached hydrogens (tertiary/aromatic N) is 2. The summed E-state index contributed by atoms with van der Waals surface area (Å²) in [6.07, 6.45) is 9.40. The molecule has 0 atom stereocenters. The van der Waals surface area contributed by atoms with Crippen molar-refractivity contribution in [1.82, 2.24) is 0 Å². The number of aliphatic imine (C=N–C) groups is 2. The quantitative estimate of drug-likeness (QED) is 0.249. The zero-order valence-electron chi connectivity index (χ0n) is 22.1. The fourth-order valence-corrected chi connectivity index (χ4v) is 3.95. The van der Waals surface area contributed by atoms with Crippen molar-refractivity contribution >= 4 is 12.4 Å². The Kier molecular flexibility index (Phi) is 11.3. The van der Waals surface area contributed by atoms with Crippen LogP contribution in [0.3, 0.4) is 0 Å². The maximum Gasteiger partial charge on any atom is 0.127 e. The van der Waals surface area contributed by atoms with E-state index in [2.05, 4.69) is 75.8 Å². The molecule has 4 nitrogen and oxygen atoms in total. The molecule has 2 aromatic carbocycles. The number of hydrogen-bond donors (Lipinski definition) is 2. The average molecular weight is 465 g/mol. The Hall–Kier alpha value is -2.62. The van der Waals surface area contributed by atoms with Gasteiger partial charge in [0.1, 0.15) is 11.5 Å². The number of phenols is 2. The van der Waals surface area contributed by atoms with Gasteiger partial charge < -0.3 is 10.2 Å². The highest BCUT2D eigenvalue weighted by Crippen LogP contribution is 2.26.